The highest BCUT2D eigenvalue weighted by Crippen LogP contribution is 2.12. The summed E-state index contributed by atoms with van der Waals surface area (Å²) in [6, 6.07) is 9.22. The average Bonchev–Trinajstić information content (AvgIpc) is 2.40. The highest BCUT2D eigenvalue weighted by Gasteiger charge is 2.23. The molecule has 1 aliphatic heterocycles. The zero-order valence-electron chi connectivity index (χ0n) is 11.9. The predicted molar refractivity (Wildman–Crippen MR) is 88.4 cm³/mol. The molecule has 0 radical (unpaired) electrons. The minimum atomic E-state index is -3.29. The van der Waals surface area contributed by atoms with Crippen LogP contribution in [0.3, 0.4) is 0 Å². The molecule has 1 fully saturated rings. The van der Waals surface area contributed by atoms with Crippen molar-refractivity contribution in [1.29, 1.82) is 0 Å². The van der Waals surface area contributed by atoms with Gasteiger partial charge in [-0.25, -0.2) is 13.1 Å². The van der Waals surface area contributed by atoms with Crippen molar-refractivity contribution in [2.75, 3.05) is 19.6 Å². The molecule has 1 aromatic carbocycles. The fourth-order valence-corrected chi connectivity index (χ4v) is 4.16. The Bertz CT molecular complexity index is 567. The average molecular weight is 327 g/mol. The SMILES string of the molecule is NC(=S)CN1CCC(NS(=O)(=O)Cc2ccccc2)CC1. The van der Waals surface area contributed by atoms with E-state index in [1.807, 2.05) is 30.3 Å². The second-order valence-electron chi connectivity index (χ2n) is 5.38. The quantitative estimate of drug-likeness (QED) is 0.758. The highest BCUT2D eigenvalue weighted by atomic mass is 32.2. The third kappa shape index (κ3) is 5.70. The van der Waals surface area contributed by atoms with Crippen LogP contribution in [0.2, 0.25) is 0 Å². The van der Waals surface area contributed by atoms with Gasteiger partial charge in [-0.1, -0.05) is 42.5 Å². The molecule has 116 valence electrons. The van der Waals surface area contributed by atoms with E-state index in [-0.39, 0.29) is 11.8 Å². The summed E-state index contributed by atoms with van der Waals surface area (Å²) in [5, 5.41) is 0. The molecule has 7 heteroatoms. The van der Waals surface area contributed by atoms with Gasteiger partial charge in [0, 0.05) is 25.7 Å². The van der Waals surface area contributed by atoms with E-state index < -0.39 is 10.0 Å². The van der Waals surface area contributed by atoms with Crippen molar-refractivity contribution >= 4 is 27.2 Å². The van der Waals surface area contributed by atoms with Gasteiger partial charge in [0.05, 0.1) is 10.7 Å². The predicted octanol–water partition coefficient (Wildman–Crippen LogP) is 0.857. The zero-order chi connectivity index (χ0) is 15.3. The normalized spacial score (nSPS) is 17.7. The number of nitrogens with zero attached hydrogens (tertiary/aromatic N) is 1. The summed E-state index contributed by atoms with van der Waals surface area (Å²) in [4.78, 5) is 2.64. The van der Waals surface area contributed by atoms with Gasteiger partial charge in [0.2, 0.25) is 10.0 Å². The first-order chi connectivity index (χ1) is 9.94. The van der Waals surface area contributed by atoms with Gasteiger partial charge < -0.3 is 5.73 Å². The number of nitrogens with one attached hydrogen (secondary N) is 1. The molecular weight excluding hydrogens is 306 g/mol. The molecule has 0 atom stereocenters. The third-order valence-corrected chi connectivity index (χ3v) is 5.05. The van der Waals surface area contributed by atoms with Crippen LogP contribution >= 0.6 is 12.2 Å². The van der Waals surface area contributed by atoms with Crippen molar-refractivity contribution in [3.63, 3.8) is 0 Å². The van der Waals surface area contributed by atoms with Crippen LogP contribution in [0.4, 0.5) is 0 Å². The second-order valence-corrected chi connectivity index (χ2v) is 7.66. The summed E-state index contributed by atoms with van der Waals surface area (Å²) >= 11 is 4.89. The van der Waals surface area contributed by atoms with Crippen LogP contribution < -0.4 is 10.5 Å². The fourth-order valence-electron chi connectivity index (χ4n) is 2.52. The Morgan fingerprint density at radius 2 is 1.90 bits per heavy atom. The van der Waals surface area contributed by atoms with Gasteiger partial charge in [0.1, 0.15) is 0 Å². The number of hydrogen-bond donors (Lipinski definition) is 2. The molecule has 0 spiro atoms. The lowest BCUT2D eigenvalue weighted by Crippen LogP contribution is -2.46. The van der Waals surface area contributed by atoms with Gasteiger partial charge in [0.25, 0.3) is 0 Å². The smallest absolute Gasteiger partial charge is 0.216 e. The Morgan fingerprint density at radius 1 is 1.29 bits per heavy atom. The maximum Gasteiger partial charge on any atom is 0.216 e. The molecule has 0 aliphatic carbocycles. The lowest BCUT2D eigenvalue weighted by atomic mass is 10.1. The Hall–Kier alpha value is -1.02. The maximum atomic E-state index is 12.2. The molecule has 0 bridgehead atoms. The van der Waals surface area contributed by atoms with Crippen molar-refractivity contribution in [3.8, 4) is 0 Å². The Balaban J connectivity index is 1.83. The molecule has 1 saturated heterocycles. The van der Waals surface area contributed by atoms with Gasteiger partial charge in [-0.2, -0.15) is 0 Å². The lowest BCUT2D eigenvalue weighted by Gasteiger charge is -2.31. The third-order valence-electron chi connectivity index (χ3n) is 3.51. The molecule has 3 N–H and O–H groups in total. The van der Waals surface area contributed by atoms with Crippen LogP contribution in [0.5, 0.6) is 0 Å². The molecule has 1 heterocycles. The van der Waals surface area contributed by atoms with Crippen molar-refractivity contribution in [2.45, 2.75) is 24.6 Å². The summed E-state index contributed by atoms with van der Waals surface area (Å²) in [5.74, 6) is 0.0287. The summed E-state index contributed by atoms with van der Waals surface area (Å²) in [7, 11) is -3.29. The van der Waals surface area contributed by atoms with Gasteiger partial charge in [-0.3, -0.25) is 4.90 Å². The first-order valence-electron chi connectivity index (χ1n) is 6.99. The Morgan fingerprint density at radius 3 is 2.48 bits per heavy atom. The van der Waals surface area contributed by atoms with E-state index in [0.29, 0.717) is 11.5 Å². The maximum absolute atomic E-state index is 12.2. The molecule has 0 saturated carbocycles. The number of piperidine rings is 1. The van der Waals surface area contributed by atoms with Crippen LogP contribution in [0, 0.1) is 0 Å². The van der Waals surface area contributed by atoms with Crippen LogP contribution in [-0.4, -0.2) is 44.0 Å². The number of likely N-dealkylation sites (tertiary alicyclic amines) is 1. The topological polar surface area (TPSA) is 75.4 Å². The largest absolute Gasteiger partial charge is 0.392 e. The van der Waals surface area contributed by atoms with Crippen LogP contribution in [0.25, 0.3) is 0 Å². The Labute approximate surface area is 131 Å². The molecule has 5 nitrogen and oxygen atoms in total. The van der Waals surface area contributed by atoms with E-state index in [1.54, 1.807) is 0 Å². The van der Waals surface area contributed by atoms with Gasteiger partial charge in [-0.15, -0.1) is 0 Å². The minimum Gasteiger partial charge on any atom is -0.392 e. The standard InChI is InChI=1S/C14H21N3O2S2/c15-14(20)10-17-8-6-13(7-9-17)16-21(18,19)11-12-4-2-1-3-5-12/h1-5,13,16H,6-11H2,(H2,15,20). The summed E-state index contributed by atoms with van der Waals surface area (Å²) in [6.45, 7) is 2.24. The summed E-state index contributed by atoms with van der Waals surface area (Å²) in [5.41, 5.74) is 6.33. The van der Waals surface area contributed by atoms with E-state index in [4.69, 9.17) is 18.0 Å². The Kier molecular flexibility index (Phi) is 5.69. The van der Waals surface area contributed by atoms with Gasteiger partial charge in [-0.05, 0) is 18.4 Å². The van der Waals surface area contributed by atoms with Crippen LogP contribution in [0.1, 0.15) is 18.4 Å². The lowest BCUT2D eigenvalue weighted by molar-refractivity contribution is 0.232. The van der Waals surface area contributed by atoms with E-state index in [0.717, 1.165) is 31.5 Å². The molecule has 21 heavy (non-hydrogen) atoms. The van der Waals surface area contributed by atoms with Crippen molar-refractivity contribution < 1.29 is 8.42 Å². The monoisotopic (exact) mass is 327 g/mol. The van der Waals surface area contributed by atoms with Crippen LogP contribution in [0.15, 0.2) is 30.3 Å². The summed E-state index contributed by atoms with van der Waals surface area (Å²) in [6.07, 6.45) is 1.58. The molecule has 0 aromatic heterocycles. The molecule has 1 aromatic rings. The number of hydrogen-bond acceptors (Lipinski definition) is 4. The van der Waals surface area contributed by atoms with E-state index in [9.17, 15) is 8.42 Å². The number of rotatable bonds is 6. The van der Waals surface area contributed by atoms with Crippen molar-refractivity contribution in [3.05, 3.63) is 35.9 Å². The molecular formula is C14H21N3O2S2. The molecule has 1 aliphatic rings. The summed E-state index contributed by atoms with van der Waals surface area (Å²) < 4.78 is 27.1. The highest BCUT2D eigenvalue weighted by molar-refractivity contribution is 7.88. The first kappa shape index (κ1) is 16.4. The molecule has 0 unspecified atom stereocenters. The van der Waals surface area contributed by atoms with E-state index >= 15 is 0 Å². The van der Waals surface area contributed by atoms with Crippen LogP contribution in [-0.2, 0) is 15.8 Å². The zero-order valence-corrected chi connectivity index (χ0v) is 13.5. The molecule has 2 rings (SSSR count). The first-order valence-corrected chi connectivity index (χ1v) is 9.05. The number of thiocarbonyl (C=S) groups is 1. The van der Waals surface area contributed by atoms with E-state index in [1.165, 1.54) is 0 Å². The van der Waals surface area contributed by atoms with Crippen molar-refractivity contribution in [2.24, 2.45) is 5.73 Å². The van der Waals surface area contributed by atoms with Crippen molar-refractivity contribution in [1.82, 2.24) is 9.62 Å². The minimum absolute atomic E-state index is 0.00121. The van der Waals surface area contributed by atoms with Gasteiger partial charge in [0.15, 0.2) is 0 Å². The number of nitrogens with two attached hydrogens (primary N) is 1. The van der Waals surface area contributed by atoms with Gasteiger partial charge >= 0.3 is 0 Å². The number of benzene rings is 1. The molecule has 0 amide bonds. The number of sulfonamides is 1. The second kappa shape index (κ2) is 7.31. The van der Waals surface area contributed by atoms with E-state index in [2.05, 4.69) is 9.62 Å². The fraction of sp³-hybridized carbons (Fsp3) is 0.500.